The van der Waals surface area contributed by atoms with Crippen molar-refractivity contribution in [3.8, 4) is 0 Å². The first-order valence-corrected chi connectivity index (χ1v) is 10.2. The minimum absolute atomic E-state index is 0.116. The van der Waals surface area contributed by atoms with Crippen molar-refractivity contribution >= 4 is 11.8 Å². The number of nitrogens with one attached hydrogen (secondary N) is 1. The van der Waals surface area contributed by atoms with Gasteiger partial charge in [0.1, 0.15) is 11.9 Å². The lowest BCUT2D eigenvalue weighted by molar-refractivity contribution is -0.141. The highest BCUT2D eigenvalue weighted by Gasteiger charge is 2.28. The summed E-state index contributed by atoms with van der Waals surface area (Å²) in [6.45, 7) is 8.75. The molecule has 0 aliphatic rings. The van der Waals surface area contributed by atoms with E-state index < -0.39 is 6.04 Å². The number of hydrogen-bond donors (Lipinski definition) is 1. The van der Waals surface area contributed by atoms with Crippen LogP contribution in [-0.4, -0.2) is 29.3 Å². The zero-order chi connectivity index (χ0) is 21.4. The van der Waals surface area contributed by atoms with Gasteiger partial charge in [-0.3, -0.25) is 9.59 Å². The predicted octanol–water partition coefficient (Wildman–Crippen LogP) is 4.26. The minimum atomic E-state index is -0.574. The fourth-order valence-electron chi connectivity index (χ4n) is 3.20. The van der Waals surface area contributed by atoms with E-state index in [9.17, 15) is 14.0 Å². The molecule has 0 aliphatic heterocycles. The Bertz CT molecular complexity index is 818. The molecule has 0 radical (unpaired) electrons. The highest BCUT2D eigenvalue weighted by Crippen LogP contribution is 2.16. The monoisotopic (exact) mass is 398 g/mol. The van der Waals surface area contributed by atoms with Crippen LogP contribution in [0.5, 0.6) is 0 Å². The molecule has 0 fully saturated rings. The number of amides is 2. The fourth-order valence-corrected chi connectivity index (χ4v) is 3.20. The van der Waals surface area contributed by atoms with E-state index in [0.29, 0.717) is 18.9 Å². The lowest BCUT2D eigenvalue weighted by atomic mass is 10.0. The van der Waals surface area contributed by atoms with Crippen molar-refractivity contribution in [3.63, 3.8) is 0 Å². The lowest BCUT2D eigenvalue weighted by Crippen LogP contribution is -2.50. The third kappa shape index (κ3) is 6.70. The molecule has 156 valence electrons. The van der Waals surface area contributed by atoms with Crippen molar-refractivity contribution < 1.29 is 14.0 Å². The molecule has 0 saturated heterocycles. The molecular formula is C24H31FN2O2. The topological polar surface area (TPSA) is 49.4 Å². The van der Waals surface area contributed by atoms with Crippen LogP contribution in [0.15, 0.2) is 48.5 Å². The molecule has 1 N–H and O–H groups in total. The summed E-state index contributed by atoms with van der Waals surface area (Å²) >= 11 is 0. The zero-order valence-corrected chi connectivity index (χ0v) is 17.7. The van der Waals surface area contributed by atoms with Crippen molar-refractivity contribution in [2.45, 2.75) is 53.1 Å². The van der Waals surface area contributed by atoms with E-state index >= 15 is 0 Å². The Hall–Kier alpha value is -2.69. The molecule has 0 heterocycles. The highest BCUT2D eigenvalue weighted by atomic mass is 19.1. The van der Waals surface area contributed by atoms with Crippen LogP contribution in [0.25, 0.3) is 0 Å². The largest absolute Gasteiger partial charge is 0.354 e. The average molecular weight is 399 g/mol. The van der Waals surface area contributed by atoms with Crippen LogP contribution >= 0.6 is 0 Å². The van der Waals surface area contributed by atoms with Crippen LogP contribution in [-0.2, 0) is 22.6 Å². The van der Waals surface area contributed by atoms with E-state index in [1.807, 2.05) is 52.0 Å². The quantitative estimate of drug-likeness (QED) is 0.686. The van der Waals surface area contributed by atoms with Gasteiger partial charge in [-0.05, 0) is 48.1 Å². The molecule has 1 unspecified atom stereocenters. The van der Waals surface area contributed by atoms with Crippen LogP contribution in [0.3, 0.4) is 0 Å². The first-order chi connectivity index (χ1) is 13.8. The van der Waals surface area contributed by atoms with Crippen LogP contribution in [0.4, 0.5) is 4.39 Å². The van der Waals surface area contributed by atoms with Crippen LogP contribution in [0.2, 0.25) is 0 Å². The SMILES string of the molecule is CCC(C(=O)NCC(C)C)N(Cc1ccc(F)cc1)C(=O)Cc1ccccc1C. The van der Waals surface area contributed by atoms with E-state index in [0.717, 1.165) is 16.7 Å². The Morgan fingerprint density at radius 1 is 1.07 bits per heavy atom. The van der Waals surface area contributed by atoms with Crippen molar-refractivity contribution in [3.05, 3.63) is 71.0 Å². The molecule has 29 heavy (non-hydrogen) atoms. The maximum Gasteiger partial charge on any atom is 0.242 e. The molecule has 1 atom stereocenters. The van der Waals surface area contributed by atoms with Gasteiger partial charge in [0.25, 0.3) is 0 Å². The van der Waals surface area contributed by atoms with Crippen molar-refractivity contribution in [1.82, 2.24) is 10.2 Å². The number of carbonyl (C=O) groups is 2. The first-order valence-electron chi connectivity index (χ1n) is 10.2. The normalized spacial score (nSPS) is 11.9. The summed E-state index contributed by atoms with van der Waals surface area (Å²) < 4.78 is 13.3. The highest BCUT2D eigenvalue weighted by molar-refractivity contribution is 5.88. The number of aryl methyl sites for hydroxylation is 1. The summed E-state index contributed by atoms with van der Waals surface area (Å²) in [4.78, 5) is 27.7. The number of rotatable bonds is 9. The molecule has 5 heteroatoms. The Balaban J connectivity index is 2.27. The molecule has 4 nitrogen and oxygen atoms in total. The average Bonchev–Trinajstić information content (AvgIpc) is 2.69. The summed E-state index contributed by atoms with van der Waals surface area (Å²) in [5, 5.41) is 2.95. The minimum Gasteiger partial charge on any atom is -0.354 e. The van der Waals surface area contributed by atoms with Crippen molar-refractivity contribution in [2.75, 3.05) is 6.54 Å². The van der Waals surface area contributed by atoms with Gasteiger partial charge >= 0.3 is 0 Å². The lowest BCUT2D eigenvalue weighted by Gasteiger charge is -2.31. The maximum atomic E-state index is 13.3. The van der Waals surface area contributed by atoms with Gasteiger partial charge in [-0.25, -0.2) is 4.39 Å². The number of halogens is 1. The second kappa shape index (κ2) is 10.7. The molecule has 0 saturated carbocycles. The van der Waals surface area contributed by atoms with E-state index in [4.69, 9.17) is 0 Å². The summed E-state index contributed by atoms with van der Waals surface area (Å²) in [5.74, 6) is -0.269. The van der Waals surface area contributed by atoms with E-state index in [1.54, 1.807) is 17.0 Å². The Kier molecular flexibility index (Phi) is 8.37. The van der Waals surface area contributed by atoms with E-state index in [2.05, 4.69) is 5.32 Å². The second-order valence-electron chi connectivity index (χ2n) is 7.81. The standard InChI is InChI=1S/C24H31FN2O2/c1-5-22(24(29)26-15-17(2)3)27(16-19-10-12-21(25)13-11-19)23(28)14-20-9-7-6-8-18(20)4/h6-13,17,22H,5,14-16H2,1-4H3,(H,26,29). The number of hydrogen-bond acceptors (Lipinski definition) is 2. The number of carbonyl (C=O) groups excluding carboxylic acids is 2. The maximum absolute atomic E-state index is 13.3. The van der Waals surface area contributed by atoms with Gasteiger partial charge < -0.3 is 10.2 Å². The molecule has 2 aromatic carbocycles. The smallest absolute Gasteiger partial charge is 0.242 e. The summed E-state index contributed by atoms with van der Waals surface area (Å²) in [6, 6.07) is 13.2. The molecule has 2 amide bonds. The molecular weight excluding hydrogens is 367 g/mol. The summed E-state index contributed by atoms with van der Waals surface area (Å²) in [6.07, 6.45) is 0.729. The molecule has 2 aromatic rings. The molecule has 2 rings (SSSR count). The summed E-state index contributed by atoms with van der Waals surface area (Å²) in [7, 11) is 0. The molecule has 0 bridgehead atoms. The van der Waals surface area contributed by atoms with Gasteiger partial charge in [-0.2, -0.15) is 0 Å². The van der Waals surface area contributed by atoms with Crippen LogP contribution in [0, 0.1) is 18.7 Å². The second-order valence-corrected chi connectivity index (χ2v) is 7.81. The summed E-state index contributed by atoms with van der Waals surface area (Å²) in [5.41, 5.74) is 2.78. The Labute approximate surface area is 173 Å². The van der Waals surface area contributed by atoms with Gasteiger partial charge in [-0.15, -0.1) is 0 Å². The number of benzene rings is 2. The van der Waals surface area contributed by atoms with Crippen molar-refractivity contribution in [2.24, 2.45) is 5.92 Å². The van der Waals surface area contributed by atoms with Gasteiger partial charge in [0.2, 0.25) is 11.8 Å². The van der Waals surface area contributed by atoms with Gasteiger partial charge in [0, 0.05) is 13.1 Å². The van der Waals surface area contributed by atoms with Crippen LogP contribution in [0.1, 0.15) is 43.9 Å². The van der Waals surface area contributed by atoms with E-state index in [1.165, 1.54) is 12.1 Å². The predicted molar refractivity (Wildman–Crippen MR) is 114 cm³/mol. The third-order valence-corrected chi connectivity index (χ3v) is 4.94. The molecule has 0 spiro atoms. The van der Waals surface area contributed by atoms with E-state index in [-0.39, 0.29) is 30.6 Å². The fraction of sp³-hybridized carbons (Fsp3) is 0.417. The molecule has 0 aromatic heterocycles. The first kappa shape index (κ1) is 22.6. The van der Waals surface area contributed by atoms with Crippen molar-refractivity contribution in [1.29, 1.82) is 0 Å². The Morgan fingerprint density at radius 3 is 2.31 bits per heavy atom. The molecule has 0 aliphatic carbocycles. The third-order valence-electron chi connectivity index (χ3n) is 4.94. The van der Waals surface area contributed by atoms with Gasteiger partial charge in [0.05, 0.1) is 6.42 Å². The van der Waals surface area contributed by atoms with Crippen LogP contribution < -0.4 is 5.32 Å². The Morgan fingerprint density at radius 2 is 1.72 bits per heavy atom. The van der Waals surface area contributed by atoms with Gasteiger partial charge in [0.15, 0.2) is 0 Å². The number of nitrogens with zero attached hydrogens (tertiary/aromatic N) is 1. The zero-order valence-electron chi connectivity index (χ0n) is 17.7. The van der Waals surface area contributed by atoms with Gasteiger partial charge in [-0.1, -0.05) is 57.2 Å².